The molecule has 2 nitrogen and oxygen atoms in total. The molecule has 1 amide bonds. The Morgan fingerprint density at radius 2 is 2.42 bits per heavy atom. The lowest BCUT2D eigenvalue weighted by Crippen LogP contribution is -2.28. The molecule has 1 N–H and O–H groups in total. The predicted octanol–water partition coefficient (Wildman–Crippen LogP) is 1.36. The van der Waals surface area contributed by atoms with Gasteiger partial charge in [0.15, 0.2) is 0 Å². The summed E-state index contributed by atoms with van der Waals surface area (Å²) >= 11 is 3.90. The lowest BCUT2D eigenvalue weighted by molar-refractivity contribution is -0.120. The quantitative estimate of drug-likeness (QED) is 0.754. The highest BCUT2D eigenvalue weighted by Crippen LogP contribution is 2.25. The van der Waals surface area contributed by atoms with Crippen molar-refractivity contribution in [3.8, 4) is 0 Å². The maximum absolute atomic E-state index is 11.2. The Kier molecular flexibility index (Phi) is 4.92. The fourth-order valence-corrected chi connectivity index (χ4v) is 3.81. The van der Waals surface area contributed by atoms with Crippen molar-refractivity contribution < 1.29 is 4.79 Å². The summed E-state index contributed by atoms with van der Waals surface area (Å²) in [6, 6.07) is 0. The number of carbonyl (C=O) groups excluding carboxylic acids is 1. The second kappa shape index (κ2) is 5.75. The van der Waals surface area contributed by atoms with Gasteiger partial charge in [-0.05, 0) is 6.92 Å². The van der Waals surface area contributed by atoms with Crippen LogP contribution in [-0.2, 0) is 4.79 Å². The first-order valence-corrected chi connectivity index (χ1v) is 6.49. The largest absolute Gasteiger partial charge is 0.356 e. The van der Waals surface area contributed by atoms with E-state index in [2.05, 4.69) is 5.32 Å². The van der Waals surface area contributed by atoms with Crippen LogP contribution in [0.25, 0.3) is 0 Å². The third-order valence-corrected chi connectivity index (χ3v) is 4.52. The zero-order valence-corrected chi connectivity index (χ0v) is 8.97. The fraction of sp³-hybridized carbons (Fsp3) is 0.875. The van der Waals surface area contributed by atoms with Gasteiger partial charge in [-0.25, -0.2) is 0 Å². The van der Waals surface area contributed by atoms with E-state index < -0.39 is 0 Å². The molecular formula is C8H15NOS2. The molecule has 0 aliphatic carbocycles. The molecule has 0 radical (unpaired) electrons. The average molecular weight is 205 g/mol. The number of amides is 1. The summed E-state index contributed by atoms with van der Waals surface area (Å²) in [6.07, 6.45) is 0.700. The van der Waals surface area contributed by atoms with E-state index in [4.69, 9.17) is 0 Å². The van der Waals surface area contributed by atoms with E-state index in [1.54, 1.807) is 0 Å². The summed E-state index contributed by atoms with van der Waals surface area (Å²) in [5.41, 5.74) is 0. The monoisotopic (exact) mass is 205 g/mol. The summed E-state index contributed by atoms with van der Waals surface area (Å²) in [5, 5.41) is 3.38. The molecule has 1 aliphatic heterocycles. The molecule has 4 heteroatoms. The second-order valence-electron chi connectivity index (χ2n) is 2.73. The van der Waals surface area contributed by atoms with Gasteiger partial charge < -0.3 is 5.32 Å². The summed E-state index contributed by atoms with van der Waals surface area (Å²) in [7, 11) is 0. The number of carbonyl (C=O) groups is 1. The normalized spacial score (nSPS) is 23.6. The smallest absolute Gasteiger partial charge is 0.221 e. The van der Waals surface area contributed by atoms with E-state index in [1.165, 1.54) is 11.5 Å². The zero-order valence-electron chi connectivity index (χ0n) is 7.34. The van der Waals surface area contributed by atoms with E-state index >= 15 is 0 Å². The molecular weight excluding hydrogens is 190 g/mol. The standard InChI is InChI=1S/C8H15NOS2/c1-2-9-8(10)5-7-6-11-3-4-12-7/h7H,2-6H2,1H3,(H,9,10). The van der Waals surface area contributed by atoms with Crippen molar-refractivity contribution in [2.75, 3.05) is 23.8 Å². The van der Waals surface area contributed by atoms with Gasteiger partial charge in [0.1, 0.15) is 0 Å². The summed E-state index contributed by atoms with van der Waals surface area (Å²) in [5.74, 6) is 3.80. The summed E-state index contributed by atoms with van der Waals surface area (Å²) in [4.78, 5) is 11.2. The summed E-state index contributed by atoms with van der Waals surface area (Å²) < 4.78 is 0. The Morgan fingerprint density at radius 3 is 3.00 bits per heavy atom. The number of rotatable bonds is 3. The fourth-order valence-electron chi connectivity index (χ4n) is 1.13. The van der Waals surface area contributed by atoms with E-state index in [-0.39, 0.29) is 5.91 Å². The van der Waals surface area contributed by atoms with Crippen molar-refractivity contribution in [3.63, 3.8) is 0 Å². The number of hydrogen-bond donors (Lipinski definition) is 1. The van der Waals surface area contributed by atoms with Crippen molar-refractivity contribution in [1.82, 2.24) is 5.32 Å². The Balaban J connectivity index is 2.15. The minimum absolute atomic E-state index is 0.206. The van der Waals surface area contributed by atoms with E-state index in [1.807, 2.05) is 30.4 Å². The van der Waals surface area contributed by atoms with Crippen molar-refractivity contribution in [3.05, 3.63) is 0 Å². The van der Waals surface area contributed by atoms with Gasteiger partial charge in [-0.1, -0.05) is 0 Å². The van der Waals surface area contributed by atoms with Crippen LogP contribution in [0, 0.1) is 0 Å². The lowest BCUT2D eigenvalue weighted by atomic mass is 10.3. The van der Waals surface area contributed by atoms with Crippen LogP contribution >= 0.6 is 23.5 Å². The van der Waals surface area contributed by atoms with Gasteiger partial charge in [-0.3, -0.25) is 4.79 Å². The van der Waals surface area contributed by atoms with Crippen LogP contribution in [0.4, 0.5) is 0 Å². The Labute approximate surface area is 82.2 Å². The van der Waals surface area contributed by atoms with Crippen molar-refractivity contribution in [1.29, 1.82) is 0 Å². The van der Waals surface area contributed by atoms with Crippen LogP contribution in [-0.4, -0.2) is 35.0 Å². The van der Waals surface area contributed by atoms with E-state index in [0.29, 0.717) is 11.7 Å². The van der Waals surface area contributed by atoms with Crippen LogP contribution in [0.15, 0.2) is 0 Å². The van der Waals surface area contributed by atoms with Crippen LogP contribution in [0.3, 0.4) is 0 Å². The van der Waals surface area contributed by atoms with Crippen molar-refractivity contribution in [2.45, 2.75) is 18.6 Å². The Hall–Kier alpha value is 0.170. The van der Waals surface area contributed by atoms with Crippen LogP contribution in [0.2, 0.25) is 0 Å². The van der Waals surface area contributed by atoms with Gasteiger partial charge >= 0.3 is 0 Å². The highest BCUT2D eigenvalue weighted by Gasteiger charge is 2.16. The third kappa shape index (κ3) is 3.72. The molecule has 1 heterocycles. The van der Waals surface area contributed by atoms with Gasteiger partial charge in [-0.2, -0.15) is 23.5 Å². The highest BCUT2D eigenvalue weighted by atomic mass is 32.2. The Bertz CT molecular complexity index is 146. The van der Waals surface area contributed by atoms with Crippen LogP contribution in [0.1, 0.15) is 13.3 Å². The predicted molar refractivity (Wildman–Crippen MR) is 56.9 cm³/mol. The van der Waals surface area contributed by atoms with Crippen LogP contribution in [0.5, 0.6) is 0 Å². The maximum Gasteiger partial charge on any atom is 0.221 e. The molecule has 12 heavy (non-hydrogen) atoms. The molecule has 0 bridgehead atoms. The SMILES string of the molecule is CCNC(=O)CC1CSCCS1. The molecule has 1 aliphatic rings. The maximum atomic E-state index is 11.2. The summed E-state index contributed by atoms with van der Waals surface area (Å²) in [6.45, 7) is 2.71. The molecule has 0 aromatic heterocycles. The van der Waals surface area contributed by atoms with Crippen LogP contribution < -0.4 is 5.32 Å². The van der Waals surface area contributed by atoms with Gasteiger partial charge in [-0.15, -0.1) is 0 Å². The molecule has 0 aromatic carbocycles. The molecule has 1 unspecified atom stereocenters. The lowest BCUT2D eigenvalue weighted by Gasteiger charge is -2.19. The molecule has 1 atom stereocenters. The topological polar surface area (TPSA) is 29.1 Å². The van der Waals surface area contributed by atoms with Crippen molar-refractivity contribution in [2.24, 2.45) is 0 Å². The Morgan fingerprint density at radius 1 is 1.58 bits per heavy atom. The second-order valence-corrected chi connectivity index (χ2v) is 5.28. The number of hydrogen-bond acceptors (Lipinski definition) is 3. The van der Waals surface area contributed by atoms with Gasteiger partial charge in [0.2, 0.25) is 5.91 Å². The number of nitrogens with one attached hydrogen (secondary N) is 1. The van der Waals surface area contributed by atoms with Crippen molar-refractivity contribution >= 4 is 29.4 Å². The molecule has 70 valence electrons. The molecule has 0 aromatic rings. The van der Waals surface area contributed by atoms with E-state index in [0.717, 1.165) is 12.3 Å². The van der Waals surface area contributed by atoms with E-state index in [9.17, 15) is 4.79 Å². The number of thioether (sulfide) groups is 2. The first-order valence-electron chi connectivity index (χ1n) is 4.29. The average Bonchev–Trinajstić information content (AvgIpc) is 2.06. The van der Waals surface area contributed by atoms with Gasteiger partial charge in [0.25, 0.3) is 0 Å². The molecule has 1 rings (SSSR count). The third-order valence-electron chi connectivity index (χ3n) is 1.67. The first kappa shape index (κ1) is 10.3. The highest BCUT2D eigenvalue weighted by molar-refractivity contribution is 8.06. The molecule has 1 saturated heterocycles. The zero-order chi connectivity index (χ0) is 8.81. The minimum Gasteiger partial charge on any atom is -0.356 e. The molecule has 0 spiro atoms. The van der Waals surface area contributed by atoms with Gasteiger partial charge in [0.05, 0.1) is 0 Å². The molecule has 0 saturated carbocycles. The molecule has 1 fully saturated rings. The van der Waals surface area contributed by atoms with Gasteiger partial charge in [0, 0.05) is 35.5 Å². The minimum atomic E-state index is 0.206. The first-order chi connectivity index (χ1) is 5.83.